The minimum atomic E-state index is -0.115. The zero-order valence-electron chi connectivity index (χ0n) is 11.5. The SMILES string of the molecule is Fc1cc(Br)ccc1C1CCNCC1c1cccc(Br)c1. The fraction of sp³-hybridized carbons (Fsp3) is 0.294. The summed E-state index contributed by atoms with van der Waals surface area (Å²) in [6.45, 7) is 1.82. The molecule has 1 aliphatic rings. The first-order chi connectivity index (χ1) is 10.1. The summed E-state index contributed by atoms with van der Waals surface area (Å²) in [4.78, 5) is 0. The lowest BCUT2D eigenvalue weighted by Crippen LogP contribution is -2.34. The van der Waals surface area contributed by atoms with Crippen molar-refractivity contribution >= 4 is 31.9 Å². The zero-order chi connectivity index (χ0) is 14.8. The van der Waals surface area contributed by atoms with Crippen molar-refractivity contribution in [3.63, 3.8) is 0 Å². The van der Waals surface area contributed by atoms with Crippen LogP contribution in [0.2, 0.25) is 0 Å². The Labute approximate surface area is 141 Å². The van der Waals surface area contributed by atoms with Crippen molar-refractivity contribution in [3.8, 4) is 0 Å². The summed E-state index contributed by atoms with van der Waals surface area (Å²) in [7, 11) is 0. The molecule has 1 aliphatic heterocycles. The van der Waals surface area contributed by atoms with Gasteiger partial charge in [-0.05, 0) is 54.3 Å². The molecule has 2 aromatic carbocycles. The highest BCUT2D eigenvalue weighted by Gasteiger charge is 2.29. The first kappa shape index (κ1) is 15.2. The monoisotopic (exact) mass is 411 g/mol. The van der Waals surface area contributed by atoms with Crippen molar-refractivity contribution in [2.75, 3.05) is 13.1 Å². The lowest BCUT2D eigenvalue weighted by Gasteiger charge is -2.33. The third-order valence-electron chi connectivity index (χ3n) is 4.12. The van der Waals surface area contributed by atoms with Crippen molar-refractivity contribution in [3.05, 3.63) is 68.4 Å². The molecule has 4 heteroatoms. The molecule has 0 amide bonds. The van der Waals surface area contributed by atoms with Gasteiger partial charge in [-0.1, -0.05) is 50.1 Å². The minimum absolute atomic E-state index is 0.115. The molecular weight excluding hydrogens is 397 g/mol. The predicted molar refractivity (Wildman–Crippen MR) is 91.2 cm³/mol. The highest BCUT2D eigenvalue weighted by atomic mass is 79.9. The Hall–Kier alpha value is -0.710. The van der Waals surface area contributed by atoms with Crippen LogP contribution in [0.3, 0.4) is 0 Å². The second-order valence-electron chi connectivity index (χ2n) is 5.43. The summed E-state index contributed by atoms with van der Waals surface area (Å²) in [5, 5.41) is 3.44. The Morgan fingerprint density at radius 2 is 1.81 bits per heavy atom. The first-order valence-corrected chi connectivity index (χ1v) is 8.65. The number of hydrogen-bond acceptors (Lipinski definition) is 1. The largest absolute Gasteiger partial charge is 0.316 e. The number of rotatable bonds is 2. The molecule has 1 nitrogen and oxygen atoms in total. The molecule has 2 unspecified atom stereocenters. The molecule has 0 bridgehead atoms. The highest BCUT2D eigenvalue weighted by molar-refractivity contribution is 9.10. The quantitative estimate of drug-likeness (QED) is 0.713. The van der Waals surface area contributed by atoms with Crippen LogP contribution in [-0.2, 0) is 0 Å². The van der Waals surface area contributed by atoms with Crippen LogP contribution in [0.5, 0.6) is 0 Å². The summed E-state index contributed by atoms with van der Waals surface area (Å²) >= 11 is 6.86. The Bertz CT molecular complexity index is 644. The number of nitrogens with one attached hydrogen (secondary N) is 1. The van der Waals surface area contributed by atoms with E-state index in [1.807, 2.05) is 24.3 Å². The van der Waals surface area contributed by atoms with Gasteiger partial charge in [-0.15, -0.1) is 0 Å². The van der Waals surface area contributed by atoms with E-state index in [2.05, 4.69) is 49.3 Å². The van der Waals surface area contributed by atoms with Gasteiger partial charge in [0.1, 0.15) is 5.82 Å². The van der Waals surface area contributed by atoms with Gasteiger partial charge < -0.3 is 5.32 Å². The van der Waals surface area contributed by atoms with Gasteiger partial charge in [0.2, 0.25) is 0 Å². The van der Waals surface area contributed by atoms with E-state index in [1.165, 1.54) is 5.56 Å². The third kappa shape index (κ3) is 3.38. The molecule has 0 aliphatic carbocycles. The maximum atomic E-state index is 14.3. The van der Waals surface area contributed by atoms with Crippen molar-refractivity contribution < 1.29 is 4.39 Å². The normalized spacial score (nSPS) is 22.2. The summed E-state index contributed by atoms with van der Waals surface area (Å²) in [6.07, 6.45) is 0.954. The lowest BCUT2D eigenvalue weighted by molar-refractivity contribution is 0.393. The second-order valence-corrected chi connectivity index (χ2v) is 7.26. The fourth-order valence-corrected chi connectivity index (χ4v) is 3.87. The molecule has 0 radical (unpaired) electrons. The molecule has 3 rings (SSSR count). The van der Waals surface area contributed by atoms with Gasteiger partial charge in [0.05, 0.1) is 0 Å². The van der Waals surface area contributed by atoms with Gasteiger partial charge in [-0.3, -0.25) is 0 Å². The fourth-order valence-electron chi connectivity index (χ4n) is 3.12. The second kappa shape index (κ2) is 6.59. The highest BCUT2D eigenvalue weighted by Crippen LogP contribution is 2.39. The molecule has 110 valence electrons. The number of benzene rings is 2. The molecule has 0 aromatic heterocycles. The maximum Gasteiger partial charge on any atom is 0.127 e. The predicted octanol–water partition coefficient (Wildman–Crippen LogP) is 5.21. The summed E-state index contributed by atoms with van der Waals surface area (Å²) in [6, 6.07) is 13.7. The first-order valence-electron chi connectivity index (χ1n) is 7.06. The van der Waals surface area contributed by atoms with Crippen LogP contribution in [0.25, 0.3) is 0 Å². The Balaban J connectivity index is 1.98. The lowest BCUT2D eigenvalue weighted by atomic mass is 9.77. The van der Waals surface area contributed by atoms with Gasteiger partial charge in [-0.25, -0.2) is 4.39 Å². The van der Waals surface area contributed by atoms with Crippen LogP contribution >= 0.6 is 31.9 Å². The van der Waals surface area contributed by atoms with E-state index in [-0.39, 0.29) is 11.7 Å². The van der Waals surface area contributed by atoms with Gasteiger partial charge >= 0.3 is 0 Å². The van der Waals surface area contributed by atoms with Crippen LogP contribution in [0.1, 0.15) is 29.4 Å². The van der Waals surface area contributed by atoms with Gasteiger partial charge in [0, 0.05) is 21.4 Å². The van der Waals surface area contributed by atoms with Gasteiger partial charge in [0.25, 0.3) is 0 Å². The van der Waals surface area contributed by atoms with Crippen LogP contribution < -0.4 is 5.32 Å². The molecular formula is C17H16Br2FN. The van der Waals surface area contributed by atoms with E-state index in [0.717, 1.165) is 34.0 Å². The number of halogens is 3. The average molecular weight is 413 g/mol. The molecule has 1 heterocycles. The van der Waals surface area contributed by atoms with Gasteiger partial charge in [-0.2, -0.15) is 0 Å². The smallest absolute Gasteiger partial charge is 0.127 e. The molecule has 21 heavy (non-hydrogen) atoms. The molecule has 1 saturated heterocycles. The number of piperidine rings is 1. The third-order valence-corrected chi connectivity index (χ3v) is 5.11. The maximum absolute atomic E-state index is 14.3. The van der Waals surface area contributed by atoms with Crippen molar-refractivity contribution in [2.45, 2.75) is 18.3 Å². The van der Waals surface area contributed by atoms with Crippen LogP contribution in [0.4, 0.5) is 4.39 Å². The Morgan fingerprint density at radius 1 is 1.00 bits per heavy atom. The molecule has 1 N–H and O–H groups in total. The molecule has 1 fully saturated rings. The topological polar surface area (TPSA) is 12.0 Å². The van der Waals surface area contributed by atoms with Gasteiger partial charge in [0.15, 0.2) is 0 Å². The molecule has 0 saturated carbocycles. The molecule has 2 atom stereocenters. The summed E-state index contributed by atoms with van der Waals surface area (Å²) < 4.78 is 16.2. The zero-order valence-corrected chi connectivity index (χ0v) is 14.6. The van der Waals surface area contributed by atoms with Crippen LogP contribution in [0.15, 0.2) is 51.4 Å². The standard InChI is InChI=1S/C17H16Br2FN/c18-12-3-1-2-11(8-12)16-10-21-7-6-14(16)15-5-4-13(19)9-17(15)20/h1-5,8-9,14,16,21H,6-7,10H2. The Kier molecular flexibility index (Phi) is 4.77. The van der Waals surface area contributed by atoms with E-state index < -0.39 is 0 Å². The van der Waals surface area contributed by atoms with E-state index in [0.29, 0.717) is 5.92 Å². The molecule has 2 aromatic rings. The Morgan fingerprint density at radius 3 is 2.57 bits per heavy atom. The van der Waals surface area contributed by atoms with Crippen molar-refractivity contribution in [2.24, 2.45) is 0 Å². The molecule has 0 spiro atoms. The summed E-state index contributed by atoms with van der Waals surface area (Å²) in [5.74, 6) is 0.400. The van der Waals surface area contributed by atoms with Crippen molar-refractivity contribution in [1.29, 1.82) is 0 Å². The van der Waals surface area contributed by atoms with E-state index in [1.54, 1.807) is 6.07 Å². The van der Waals surface area contributed by atoms with Crippen LogP contribution in [-0.4, -0.2) is 13.1 Å². The van der Waals surface area contributed by atoms with E-state index >= 15 is 0 Å². The summed E-state index contributed by atoms with van der Waals surface area (Å²) in [5.41, 5.74) is 2.08. The van der Waals surface area contributed by atoms with Crippen LogP contribution in [0, 0.1) is 5.82 Å². The van der Waals surface area contributed by atoms with E-state index in [9.17, 15) is 4.39 Å². The van der Waals surface area contributed by atoms with Crippen molar-refractivity contribution in [1.82, 2.24) is 5.32 Å². The minimum Gasteiger partial charge on any atom is -0.316 e. The van der Waals surface area contributed by atoms with E-state index in [4.69, 9.17) is 0 Å². The average Bonchev–Trinajstić information content (AvgIpc) is 2.47. The number of hydrogen-bond donors (Lipinski definition) is 1.